The molecule has 1 aliphatic rings. The van der Waals surface area contributed by atoms with E-state index in [1.165, 1.54) is 19.3 Å². The van der Waals surface area contributed by atoms with Gasteiger partial charge in [0, 0.05) is 30.1 Å². The zero-order valence-electron chi connectivity index (χ0n) is 14.7. The van der Waals surface area contributed by atoms with Gasteiger partial charge in [-0.1, -0.05) is 6.42 Å². The smallest absolute Gasteiger partial charge is 0.150 e. The van der Waals surface area contributed by atoms with Crippen molar-refractivity contribution in [1.82, 2.24) is 19.4 Å². The Kier molecular flexibility index (Phi) is 3.74. The van der Waals surface area contributed by atoms with Crippen molar-refractivity contribution >= 4 is 11.3 Å². The number of nitrogens with zero attached hydrogens (tertiary/aromatic N) is 4. The third-order valence-electron chi connectivity index (χ3n) is 5.08. The van der Waals surface area contributed by atoms with Crippen molar-refractivity contribution in [2.24, 2.45) is 0 Å². The average Bonchev–Trinajstić information content (AvgIpc) is 3.03. The third-order valence-corrected chi connectivity index (χ3v) is 5.08. The van der Waals surface area contributed by atoms with E-state index in [1.807, 2.05) is 42.6 Å². The minimum absolute atomic E-state index is 0.501. The molecular weight excluding hydrogens is 338 g/mol. The number of aromatic nitrogens is 4. The monoisotopic (exact) mass is 357 g/mol. The van der Waals surface area contributed by atoms with E-state index in [4.69, 9.17) is 15.5 Å². The summed E-state index contributed by atoms with van der Waals surface area (Å²) in [5, 5.41) is 0. The van der Waals surface area contributed by atoms with Gasteiger partial charge >= 0.3 is 0 Å². The van der Waals surface area contributed by atoms with Gasteiger partial charge in [-0.25, -0.2) is 9.97 Å². The van der Waals surface area contributed by atoms with E-state index in [9.17, 15) is 0 Å². The lowest BCUT2D eigenvalue weighted by Gasteiger charge is -2.23. The van der Waals surface area contributed by atoms with Crippen LogP contribution in [0.2, 0.25) is 0 Å². The Morgan fingerprint density at radius 2 is 1.89 bits per heavy atom. The van der Waals surface area contributed by atoms with Crippen molar-refractivity contribution in [3.8, 4) is 22.8 Å². The molecule has 1 aromatic carbocycles. The highest BCUT2D eigenvalue weighted by molar-refractivity contribution is 5.85. The predicted octanol–water partition coefficient (Wildman–Crippen LogP) is 4.43. The lowest BCUT2D eigenvalue weighted by molar-refractivity contribution is 0.400. The van der Waals surface area contributed by atoms with Crippen molar-refractivity contribution in [1.29, 1.82) is 0 Å². The zero-order valence-corrected chi connectivity index (χ0v) is 14.7. The fourth-order valence-corrected chi connectivity index (χ4v) is 3.47. The second kappa shape index (κ2) is 6.39. The Balaban J connectivity index is 1.53. The summed E-state index contributed by atoms with van der Waals surface area (Å²) in [4.78, 5) is 13.3. The number of pyridine rings is 1. The largest absolute Gasteiger partial charge is 0.456 e. The number of nitrogens with two attached hydrogens (primary N) is 1. The highest BCUT2D eigenvalue weighted by Crippen LogP contribution is 2.39. The average molecular weight is 357 g/mol. The van der Waals surface area contributed by atoms with Gasteiger partial charge in [-0.05, 0) is 49.2 Å². The van der Waals surface area contributed by atoms with Crippen LogP contribution in [0.15, 0.2) is 61.2 Å². The normalized spacial score (nSPS) is 14.2. The summed E-state index contributed by atoms with van der Waals surface area (Å²) in [5.74, 6) is 3.54. The third kappa shape index (κ3) is 2.79. The van der Waals surface area contributed by atoms with Crippen LogP contribution >= 0.6 is 0 Å². The van der Waals surface area contributed by atoms with Gasteiger partial charge in [-0.15, -0.1) is 0 Å². The van der Waals surface area contributed by atoms with E-state index in [-0.39, 0.29) is 0 Å². The summed E-state index contributed by atoms with van der Waals surface area (Å²) in [6.07, 6.45) is 10.7. The Morgan fingerprint density at radius 1 is 1.04 bits per heavy atom. The number of fused-ring (bicyclic) bond motifs is 1. The van der Waals surface area contributed by atoms with Gasteiger partial charge in [0.1, 0.15) is 34.4 Å². The molecule has 6 nitrogen and oxygen atoms in total. The molecule has 0 radical (unpaired) electrons. The summed E-state index contributed by atoms with van der Waals surface area (Å²) in [6, 6.07) is 11.6. The number of benzene rings is 1. The molecule has 0 saturated heterocycles. The van der Waals surface area contributed by atoms with Crippen molar-refractivity contribution in [2.45, 2.75) is 25.2 Å². The first-order valence-electron chi connectivity index (χ1n) is 9.10. The Hall–Kier alpha value is -3.41. The van der Waals surface area contributed by atoms with Gasteiger partial charge in [-0.2, -0.15) is 0 Å². The topological polar surface area (TPSA) is 78.3 Å². The second-order valence-corrected chi connectivity index (χ2v) is 6.79. The van der Waals surface area contributed by atoms with Crippen molar-refractivity contribution in [3.05, 3.63) is 67.0 Å². The van der Waals surface area contributed by atoms with Gasteiger partial charge in [-0.3, -0.25) is 9.38 Å². The molecule has 5 rings (SSSR count). The van der Waals surface area contributed by atoms with Crippen LogP contribution in [0, 0.1) is 0 Å². The molecule has 0 amide bonds. The highest BCUT2D eigenvalue weighted by atomic mass is 16.5. The van der Waals surface area contributed by atoms with Gasteiger partial charge in [0.25, 0.3) is 0 Å². The van der Waals surface area contributed by atoms with Gasteiger partial charge in [0.15, 0.2) is 0 Å². The molecule has 0 aliphatic heterocycles. The second-order valence-electron chi connectivity index (χ2n) is 6.79. The van der Waals surface area contributed by atoms with Gasteiger partial charge in [0.05, 0.1) is 6.20 Å². The molecule has 6 heteroatoms. The Labute approximate surface area is 156 Å². The molecule has 0 spiro atoms. The van der Waals surface area contributed by atoms with Crippen LogP contribution in [0.4, 0.5) is 5.82 Å². The van der Waals surface area contributed by atoms with Crippen molar-refractivity contribution < 1.29 is 4.74 Å². The summed E-state index contributed by atoms with van der Waals surface area (Å²) in [7, 11) is 0. The predicted molar refractivity (Wildman–Crippen MR) is 104 cm³/mol. The Bertz CT molecular complexity index is 1080. The number of rotatable bonds is 4. The number of anilines is 1. The maximum atomic E-state index is 6.20. The van der Waals surface area contributed by atoms with E-state index >= 15 is 0 Å². The van der Waals surface area contributed by atoms with Crippen LogP contribution in [-0.2, 0) is 0 Å². The lowest BCUT2D eigenvalue weighted by atomic mass is 9.85. The molecular formula is C21H19N5O. The van der Waals surface area contributed by atoms with Crippen LogP contribution in [0.25, 0.3) is 16.8 Å². The van der Waals surface area contributed by atoms with Crippen LogP contribution in [0.1, 0.15) is 31.0 Å². The number of ether oxygens (including phenoxy) is 1. The molecule has 0 unspecified atom stereocenters. The molecule has 1 aliphatic carbocycles. The number of hydrogen-bond acceptors (Lipinski definition) is 5. The van der Waals surface area contributed by atoms with Crippen LogP contribution < -0.4 is 10.5 Å². The van der Waals surface area contributed by atoms with Crippen LogP contribution in [-0.4, -0.2) is 19.4 Å². The Morgan fingerprint density at radius 3 is 2.59 bits per heavy atom. The molecule has 1 fully saturated rings. The molecule has 2 N–H and O–H groups in total. The molecule has 3 aromatic heterocycles. The standard InChI is InChI=1S/C21H19N5O/c22-20-19-18(25-21(15-3-1-4-15)26(19)12-11-24-20)14-6-8-16(9-7-14)27-17-5-2-10-23-13-17/h2,5-13,15H,1,3-4H2,(H2,22,24). The van der Waals surface area contributed by atoms with E-state index < -0.39 is 0 Å². The zero-order chi connectivity index (χ0) is 18.2. The summed E-state index contributed by atoms with van der Waals surface area (Å²) >= 11 is 0. The summed E-state index contributed by atoms with van der Waals surface area (Å²) in [5.41, 5.74) is 8.94. The molecule has 0 bridgehead atoms. The number of nitrogen functional groups attached to an aromatic ring is 1. The maximum absolute atomic E-state index is 6.20. The van der Waals surface area contributed by atoms with Crippen LogP contribution in [0.5, 0.6) is 11.5 Å². The quantitative estimate of drug-likeness (QED) is 0.584. The molecule has 0 atom stereocenters. The first-order valence-corrected chi connectivity index (χ1v) is 9.10. The van der Waals surface area contributed by atoms with E-state index in [2.05, 4.69) is 14.4 Å². The lowest BCUT2D eigenvalue weighted by Crippen LogP contribution is -2.12. The molecule has 4 aromatic rings. The number of imidazole rings is 1. The summed E-state index contributed by atoms with van der Waals surface area (Å²) < 4.78 is 7.92. The molecule has 27 heavy (non-hydrogen) atoms. The molecule has 1 saturated carbocycles. The molecule has 134 valence electrons. The SMILES string of the molecule is Nc1nccn2c(C3CCC3)nc(-c3ccc(Oc4cccnc4)cc3)c12. The molecule has 3 heterocycles. The van der Waals surface area contributed by atoms with E-state index in [1.54, 1.807) is 18.6 Å². The number of hydrogen-bond donors (Lipinski definition) is 1. The van der Waals surface area contributed by atoms with Crippen molar-refractivity contribution in [3.63, 3.8) is 0 Å². The highest BCUT2D eigenvalue weighted by Gasteiger charge is 2.26. The van der Waals surface area contributed by atoms with E-state index in [0.29, 0.717) is 17.5 Å². The van der Waals surface area contributed by atoms with Crippen LogP contribution in [0.3, 0.4) is 0 Å². The van der Waals surface area contributed by atoms with Crippen molar-refractivity contribution in [2.75, 3.05) is 5.73 Å². The maximum Gasteiger partial charge on any atom is 0.150 e. The van der Waals surface area contributed by atoms with Gasteiger partial charge in [0.2, 0.25) is 0 Å². The minimum Gasteiger partial charge on any atom is -0.456 e. The fourth-order valence-electron chi connectivity index (χ4n) is 3.47. The summed E-state index contributed by atoms with van der Waals surface area (Å²) in [6.45, 7) is 0. The first kappa shape index (κ1) is 15.8. The minimum atomic E-state index is 0.501. The first-order chi connectivity index (χ1) is 13.3. The fraction of sp³-hybridized carbons (Fsp3) is 0.190. The van der Waals surface area contributed by atoms with Gasteiger partial charge < -0.3 is 10.5 Å². The van der Waals surface area contributed by atoms with E-state index in [0.717, 1.165) is 28.3 Å².